The normalized spacial score (nSPS) is 10.9. The zero-order valence-corrected chi connectivity index (χ0v) is 15.6. The lowest BCUT2D eigenvalue weighted by Gasteiger charge is -2.12. The van der Waals surface area contributed by atoms with E-state index in [0.29, 0.717) is 11.3 Å². The number of halogens is 3. The highest BCUT2D eigenvalue weighted by Crippen LogP contribution is 2.35. The molecule has 0 aliphatic heterocycles. The summed E-state index contributed by atoms with van der Waals surface area (Å²) < 4.78 is 43.9. The van der Waals surface area contributed by atoms with E-state index in [4.69, 9.17) is 5.26 Å². The van der Waals surface area contributed by atoms with Crippen LogP contribution < -0.4 is 5.32 Å². The summed E-state index contributed by atoms with van der Waals surface area (Å²) in [5.74, 6) is -1.28. The van der Waals surface area contributed by atoms with Crippen LogP contribution in [0.5, 0.6) is 0 Å². The molecule has 1 amide bonds. The van der Waals surface area contributed by atoms with Crippen LogP contribution in [0.3, 0.4) is 0 Å². The number of pyridine rings is 1. The van der Waals surface area contributed by atoms with Crippen molar-refractivity contribution in [2.24, 2.45) is 0 Å². The molecular formula is C18H14F3N3O3S. The molecule has 28 heavy (non-hydrogen) atoms. The summed E-state index contributed by atoms with van der Waals surface area (Å²) in [6, 6.07) is 8.21. The highest BCUT2D eigenvalue weighted by atomic mass is 32.2. The fourth-order valence-corrected chi connectivity index (χ4v) is 3.07. The molecule has 0 bridgehead atoms. The molecule has 1 aromatic heterocycles. The summed E-state index contributed by atoms with van der Waals surface area (Å²) in [4.78, 5) is 27.4. The summed E-state index contributed by atoms with van der Waals surface area (Å²) in [7, 11) is 1.24. The predicted octanol–water partition coefficient (Wildman–Crippen LogP) is 3.80. The van der Waals surface area contributed by atoms with Crippen molar-refractivity contribution in [2.75, 3.05) is 18.2 Å². The summed E-state index contributed by atoms with van der Waals surface area (Å²) in [6.45, 7) is 1.38. The molecule has 0 aliphatic carbocycles. The Labute approximate surface area is 162 Å². The lowest BCUT2D eigenvalue weighted by molar-refractivity contribution is -0.138. The zero-order valence-electron chi connectivity index (χ0n) is 14.8. The third kappa shape index (κ3) is 5.23. The van der Waals surface area contributed by atoms with E-state index < -0.39 is 29.2 Å². The number of ether oxygens (including phenoxy) is 1. The Balaban J connectivity index is 2.10. The fourth-order valence-electron chi connectivity index (χ4n) is 2.22. The first kappa shape index (κ1) is 21.2. The zero-order chi connectivity index (χ0) is 20.9. The SMILES string of the molecule is COC(=O)c1ccc(NC(=O)CSc2nc(C)cc(C(F)(F)F)c2C#N)cc1. The van der Waals surface area contributed by atoms with Gasteiger partial charge in [-0.1, -0.05) is 11.8 Å². The first-order chi connectivity index (χ1) is 13.2. The van der Waals surface area contributed by atoms with E-state index in [2.05, 4.69) is 15.0 Å². The molecule has 0 fully saturated rings. The van der Waals surface area contributed by atoms with Gasteiger partial charge in [0.15, 0.2) is 0 Å². The van der Waals surface area contributed by atoms with Crippen LogP contribution in [0.15, 0.2) is 35.4 Å². The van der Waals surface area contributed by atoms with Crippen molar-refractivity contribution < 1.29 is 27.5 Å². The van der Waals surface area contributed by atoms with Crippen LogP contribution in [-0.2, 0) is 15.7 Å². The van der Waals surface area contributed by atoms with Crippen LogP contribution in [0.2, 0.25) is 0 Å². The number of benzene rings is 1. The van der Waals surface area contributed by atoms with Gasteiger partial charge in [-0.2, -0.15) is 18.4 Å². The second kappa shape index (κ2) is 8.75. The molecule has 6 nitrogen and oxygen atoms in total. The number of nitrogens with one attached hydrogen (secondary N) is 1. The fraction of sp³-hybridized carbons (Fsp3) is 0.222. The number of nitriles is 1. The summed E-state index contributed by atoms with van der Waals surface area (Å²) in [5.41, 5.74) is -0.904. The Kier molecular flexibility index (Phi) is 6.64. The first-order valence-corrected chi connectivity index (χ1v) is 8.74. The number of nitrogens with zero attached hydrogens (tertiary/aromatic N) is 2. The van der Waals surface area contributed by atoms with E-state index in [1.54, 1.807) is 0 Å². The molecule has 1 aromatic carbocycles. The van der Waals surface area contributed by atoms with Gasteiger partial charge in [0.25, 0.3) is 0 Å². The molecular weight excluding hydrogens is 395 g/mol. The number of carbonyl (C=O) groups excluding carboxylic acids is 2. The van der Waals surface area contributed by atoms with Crippen LogP contribution >= 0.6 is 11.8 Å². The molecule has 0 atom stereocenters. The average Bonchev–Trinajstić information content (AvgIpc) is 2.65. The summed E-state index contributed by atoms with van der Waals surface area (Å²) in [6.07, 6.45) is -4.70. The van der Waals surface area contributed by atoms with Gasteiger partial charge < -0.3 is 10.1 Å². The minimum Gasteiger partial charge on any atom is -0.465 e. The molecule has 0 saturated heterocycles. The van der Waals surface area contributed by atoms with Gasteiger partial charge in [-0.3, -0.25) is 4.79 Å². The molecule has 1 N–H and O–H groups in total. The largest absolute Gasteiger partial charge is 0.465 e. The number of alkyl halides is 3. The van der Waals surface area contributed by atoms with Gasteiger partial charge in [-0.05, 0) is 37.3 Å². The van der Waals surface area contributed by atoms with Gasteiger partial charge in [0.05, 0.1) is 29.6 Å². The number of hydrogen-bond acceptors (Lipinski definition) is 6. The number of rotatable bonds is 5. The second-order valence-electron chi connectivity index (χ2n) is 5.51. The molecule has 1 heterocycles. The first-order valence-electron chi connectivity index (χ1n) is 7.75. The topological polar surface area (TPSA) is 92.1 Å². The summed E-state index contributed by atoms with van der Waals surface area (Å²) >= 11 is 0.735. The highest BCUT2D eigenvalue weighted by Gasteiger charge is 2.35. The van der Waals surface area contributed by atoms with Crippen molar-refractivity contribution in [1.29, 1.82) is 5.26 Å². The van der Waals surface area contributed by atoms with Crippen LogP contribution in [0.4, 0.5) is 18.9 Å². The molecule has 146 valence electrons. The lowest BCUT2D eigenvalue weighted by atomic mass is 10.1. The number of aryl methyl sites for hydroxylation is 1. The van der Waals surface area contributed by atoms with E-state index in [-0.39, 0.29) is 16.5 Å². The minimum absolute atomic E-state index is 0.0904. The van der Waals surface area contributed by atoms with Crippen LogP contribution in [0.1, 0.15) is 27.2 Å². The minimum atomic E-state index is -4.70. The maximum atomic E-state index is 13.1. The van der Waals surface area contributed by atoms with Gasteiger partial charge in [0.1, 0.15) is 11.1 Å². The van der Waals surface area contributed by atoms with E-state index in [0.717, 1.165) is 17.8 Å². The number of methoxy groups -OCH3 is 1. The van der Waals surface area contributed by atoms with Crippen molar-refractivity contribution in [3.8, 4) is 6.07 Å². The van der Waals surface area contributed by atoms with E-state index in [1.807, 2.05) is 0 Å². The van der Waals surface area contributed by atoms with Crippen molar-refractivity contribution >= 4 is 29.3 Å². The maximum Gasteiger partial charge on any atom is 0.417 e. The second-order valence-corrected chi connectivity index (χ2v) is 6.47. The van der Waals surface area contributed by atoms with Crippen molar-refractivity contribution in [2.45, 2.75) is 18.1 Å². The molecule has 0 radical (unpaired) electrons. The molecule has 10 heteroatoms. The highest BCUT2D eigenvalue weighted by molar-refractivity contribution is 8.00. The standard InChI is InChI=1S/C18H14F3N3O3S/c1-10-7-14(18(19,20)21)13(8-22)16(23-10)28-9-15(25)24-12-5-3-11(4-6-12)17(26)27-2/h3-7H,9H2,1-2H3,(H,24,25). The smallest absolute Gasteiger partial charge is 0.417 e. The number of aromatic nitrogens is 1. The molecule has 0 saturated carbocycles. The van der Waals surface area contributed by atoms with Crippen molar-refractivity contribution in [1.82, 2.24) is 4.98 Å². The Morgan fingerprint density at radius 3 is 2.46 bits per heavy atom. The third-order valence-corrected chi connectivity index (χ3v) is 4.44. The van der Waals surface area contributed by atoms with E-state index in [9.17, 15) is 22.8 Å². The Bertz CT molecular complexity index is 938. The number of anilines is 1. The molecule has 2 aromatic rings. The number of amides is 1. The lowest BCUT2D eigenvalue weighted by Crippen LogP contribution is -2.15. The van der Waals surface area contributed by atoms with E-state index in [1.165, 1.54) is 44.4 Å². The van der Waals surface area contributed by atoms with Crippen LogP contribution in [0.25, 0.3) is 0 Å². The third-order valence-electron chi connectivity index (χ3n) is 3.46. The van der Waals surface area contributed by atoms with Gasteiger partial charge in [0, 0.05) is 11.4 Å². The van der Waals surface area contributed by atoms with Crippen molar-refractivity contribution in [3.63, 3.8) is 0 Å². The molecule has 0 unspecified atom stereocenters. The van der Waals surface area contributed by atoms with Gasteiger partial charge >= 0.3 is 12.1 Å². The molecule has 0 aliphatic rings. The number of thioether (sulfide) groups is 1. The Morgan fingerprint density at radius 2 is 1.93 bits per heavy atom. The average molecular weight is 409 g/mol. The van der Waals surface area contributed by atoms with Gasteiger partial charge in [-0.15, -0.1) is 0 Å². The quantitative estimate of drug-likeness (QED) is 0.597. The monoisotopic (exact) mass is 409 g/mol. The number of hydrogen-bond donors (Lipinski definition) is 1. The van der Waals surface area contributed by atoms with Crippen molar-refractivity contribution in [3.05, 3.63) is 52.7 Å². The van der Waals surface area contributed by atoms with E-state index >= 15 is 0 Å². The number of esters is 1. The Morgan fingerprint density at radius 1 is 1.29 bits per heavy atom. The van der Waals surface area contributed by atoms with Gasteiger partial charge in [-0.25, -0.2) is 9.78 Å². The Hall–Kier alpha value is -3.06. The molecule has 0 spiro atoms. The maximum absolute atomic E-state index is 13.1. The van der Waals surface area contributed by atoms with Gasteiger partial charge in [0.2, 0.25) is 5.91 Å². The number of carbonyl (C=O) groups is 2. The van der Waals surface area contributed by atoms with Crippen LogP contribution in [0, 0.1) is 18.3 Å². The van der Waals surface area contributed by atoms with Crippen LogP contribution in [-0.4, -0.2) is 29.7 Å². The predicted molar refractivity (Wildman–Crippen MR) is 95.8 cm³/mol. The molecule has 2 rings (SSSR count). The summed E-state index contributed by atoms with van der Waals surface area (Å²) in [5, 5.41) is 11.5.